The number of hydrogen-bond acceptors (Lipinski definition) is 2. The molecule has 2 heterocycles. The van der Waals surface area contributed by atoms with Crippen LogP contribution in [0.15, 0.2) is 95.4 Å². The van der Waals surface area contributed by atoms with Gasteiger partial charge in [-0.3, -0.25) is 0 Å². The molecule has 0 N–H and O–H groups in total. The molecule has 2 nitrogen and oxygen atoms in total. The summed E-state index contributed by atoms with van der Waals surface area (Å²) in [5.41, 5.74) is 5.73. The quantitative estimate of drug-likeness (QED) is 0.380. The van der Waals surface area contributed by atoms with Crippen molar-refractivity contribution >= 4 is 21.9 Å². The van der Waals surface area contributed by atoms with Crippen LogP contribution in [0.2, 0.25) is 0 Å². The third kappa shape index (κ3) is 2.31. The number of benzene rings is 3. The van der Waals surface area contributed by atoms with Crippen molar-refractivity contribution in [2.45, 2.75) is 0 Å². The van der Waals surface area contributed by atoms with Crippen LogP contribution in [0.5, 0.6) is 0 Å². The van der Waals surface area contributed by atoms with E-state index < -0.39 is 0 Å². The van der Waals surface area contributed by atoms with E-state index in [1.165, 1.54) is 0 Å². The second-order valence-corrected chi connectivity index (χ2v) is 6.06. The van der Waals surface area contributed by atoms with Gasteiger partial charge < -0.3 is 4.42 Å². The molecule has 0 amide bonds. The first-order chi connectivity index (χ1) is 12.4. The zero-order valence-electron chi connectivity index (χ0n) is 13.5. The van der Waals surface area contributed by atoms with Crippen LogP contribution in [-0.2, 0) is 0 Å². The minimum absolute atomic E-state index is 0.840. The number of aromatic nitrogens is 1. The first-order valence-corrected chi connectivity index (χ1v) is 8.33. The molecule has 0 saturated carbocycles. The molecule has 0 fully saturated rings. The van der Waals surface area contributed by atoms with Crippen LogP contribution < -0.4 is 0 Å². The Hall–Kier alpha value is -3.39. The molecule has 0 unspecified atom stereocenters. The molecule has 0 bridgehead atoms. The lowest BCUT2D eigenvalue weighted by molar-refractivity contribution is 0.668. The maximum Gasteiger partial charge on any atom is 0.161 e. The fourth-order valence-electron chi connectivity index (χ4n) is 3.27. The third-order valence-corrected chi connectivity index (χ3v) is 4.48. The minimum atomic E-state index is 0.840. The van der Waals surface area contributed by atoms with Crippen molar-refractivity contribution in [3.8, 4) is 22.5 Å². The van der Waals surface area contributed by atoms with Gasteiger partial charge in [-0.1, -0.05) is 78.9 Å². The number of fused-ring (bicyclic) bond motifs is 3. The van der Waals surface area contributed by atoms with Gasteiger partial charge in [0.1, 0.15) is 11.3 Å². The zero-order chi connectivity index (χ0) is 16.6. The largest absolute Gasteiger partial charge is 0.454 e. The van der Waals surface area contributed by atoms with Crippen molar-refractivity contribution in [1.29, 1.82) is 0 Å². The molecule has 2 heteroatoms. The van der Waals surface area contributed by atoms with Gasteiger partial charge in [-0.15, -0.1) is 0 Å². The van der Waals surface area contributed by atoms with E-state index in [-0.39, 0.29) is 0 Å². The molecule has 118 valence electrons. The minimum Gasteiger partial charge on any atom is -0.454 e. The lowest BCUT2D eigenvalue weighted by Gasteiger charge is -2.06. The fraction of sp³-hybridized carbons (Fsp3) is 0. The van der Waals surface area contributed by atoms with Gasteiger partial charge in [-0.25, -0.2) is 4.98 Å². The predicted molar refractivity (Wildman–Crippen MR) is 102 cm³/mol. The number of para-hydroxylation sites is 1. The highest BCUT2D eigenvalue weighted by molar-refractivity contribution is 6.09. The molecule has 3 aromatic carbocycles. The third-order valence-electron chi connectivity index (χ3n) is 4.48. The standard InChI is InChI=1S/C23H15NO/c1-3-9-16(10-4-1)20-15-19-18-13-7-8-14-21(18)25-23(19)22(24-20)17-11-5-2-6-12-17/h1-15H. The number of furan rings is 1. The number of pyridine rings is 1. The Kier molecular flexibility index (Phi) is 3.14. The summed E-state index contributed by atoms with van der Waals surface area (Å²) in [6.45, 7) is 0. The normalized spacial score (nSPS) is 11.2. The highest BCUT2D eigenvalue weighted by atomic mass is 16.3. The van der Waals surface area contributed by atoms with Crippen molar-refractivity contribution in [2.75, 3.05) is 0 Å². The van der Waals surface area contributed by atoms with Crippen molar-refractivity contribution in [3.05, 3.63) is 91.0 Å². The Labute approximate surface area is 145 Å². The molecule has 25 heavy (non-hydrogen) atoms. The van der Waals surface area contributed by atoms with Gasteiger partial charge in [0.25, 0.3) is 0 Å². The second-order valence-electron chi connectivity index (χ2n) is 6.06. The molecule has 0 aliphatic carbocycles. The first kappa shape index (κ1) is 14.0. The highest BCUT2D eigenvalue weighted by Gasteiger charge is 2.15. The van der Waals surface area contributed by atoms with Crippen molar-refractivity contribution < 1.29 is 4.42 Å². The van der Waals surface area contributed by atoms with Crippen molar-refractivity contribution in [1.82, 2.24) is 4.98 Å². The van der Waals surface area contributed by atoms with Crippen LogP contribution >= 0.6 is 0 Å². The summed E-state index contributed by atoms with van der Waals surface area (Å²) in [5.74, 6) is 0. The van der Waals surface area contributed by atoms with Crippen molar-refractivity contribution in [2.24, 2.45) is 0 Å². The van der Waals surface area contributed by atoms with Crippen LogP contribution in [0, 0.1) is 0 Å². The zero-order valence-corrected chi connectivity index (χ0v) is 13.5. The molecule has 0 spiro atoms. The van der Waals surface area contributed by atoms with Gasteiger partial charge in [-0.2, -0.15) is 0 Å². The number of nitrogens with zero attached hydrogens (tertiary/aromatic N) is 1. The van der Waals surface area contributed by atoms with E-state index in [4.69, 9.17) is 9.40 Å². The van der Waals surface area contributed by atoms with E-state index in [1.807, 2.05) is 54.6 Å². The molecule has 5 rings (SSSR count). The van der Waals surface area contributed by atoms with E-state index >= 15 is 0 Å². The van der Waals surface area contributed by atoms with Gasteiger partial charge in [0.05, 0.1) is 5.69 Å². The van der Waals surface area contributed by atoms with E-state index in [0.29, 0.717) is 0 Å². The van der Waals surface area contributed by atoms with Crippen LogP contribution in [0.4, 0.5) is 0 Å². The second kappa shape index (κ2) is 5.60. The Morgan fingerprint density at radius 1 is 0.600 bits per heavy atom. The number of rotatable bonds is 2. The van der Waals surface area contributed by atoms with Gasteiger partial charge in [-0.05, 0) is 12.1 Å². The van der Waals surface area contributed by atoms with E-state index in [0.717, 1.165) is 44.5 Å². The Bertz CT molecular complexity index is 1170. The summed E-state index contributed by atoms with van der Waals surface area (Å²) in [6.07, 6.45) is 0. The highest BCUT2D eigenvalue weighted by Crippen LogP contribution is 2.37. The number of hydrogen-bond donors (Lipinski definition) is 0. The molecule has 0 radical (unpaired) electrons. The predicted octanol–water partition coefficient (Wildman–Crippen LogP) is 6.32. The van der Waals surface area contributed by atoms with Crippen LogP contribution in [0.25, 0.3) is 44.5 Å². The first-order valence-electron chi connectivity index (χ1n) is 8.33. The lowest BCUT2D eigenvalue weighted by Crippen LogP contribution is -1.89. The summed E-state index contributed by atoms with van der Waals surface area (Å²) in [7, 11) is 0. The summed E-state index contributed by atoms with van der Waals surface area (Å²) in [5, 5.41) is 2.22. The van der Waals surface area contributed by atoms with E-state index in [1.54, 1.807) is 0 Å². The smallest absolute Gasteiger partial charge is 0.161 e. The Balaban J connectivity index is 1.90. The van der Waals surface area contributed by atoms with Crippen LogP contribution in [0.3, 0.4) is 0 Å². The van der Waals surface area contributed by atoms with Crippen molar-refractivity contribution in [3.63, 3.8) is 0 Å². The fourth-order valence-corrected chi connectivity index (χ4v) is 3.27. The molecule has 0 atom stereocenters. The van der Waals surface area contributed by atoms with Gasteiger partial charge in [0.2, 0.25) is 0 Å². The topological polar surface area (TPSA) is 26.0 Å². The average molecular weight is 321 g/mol. The van der Waals surface area contributed by atoms with E-state index in [2.05, 4.69) is 36.4 Å². The molecule has 0 aliphatic heterocycles. The van der Waals surface area contributed by atoms with Gasteiger partial charge in [0, 0.05) is 21.9 Å². The molecule has 0 aliphatic rings. The Morgan fingerprint density at radius 3 is 2.00 bits per heavy atom. The average Bonchev–Trinajstić information content (AvgIpc) is 3.07. The summed E-state index contributed by atoms with van der Waals surface area (Å²) >= 11 is 0. The van der Waals surface area contributed by atoms with Gasteiger partial charge in [0.15, 0.2) is 5.58 Å². The molecular formula is C23H15NO. The summed E-state index contributed by atoms with van der Waals surface area (Å²) in [4.78, 5) is 4.94. The SMILES string of the molecule is c1ccc(-c2cc3c(oc4ccccc43)c(-c3ccccc3)n2)cc1. The molecule has 2 aromatic heterocycles. The Morgan fingerprint density at radius 2 is 1.24 bits per heavy atom. The molecule has 5 aromatic rings. The monoisotopic (exact) mass is 321 g/mol. The van der Waals surface area contributed by atoms with Crippen LogP contribution in [0.1, 0.15) is 0 Å². The summed E-state index contributed by atoms with van der Waals surface area (Å²) < 4.78 is 6.17. The maximum absolute atomic E-state index is 6.17. The lowest BCUT2D eigenvalue weighted by atomic mass is 10.0. The maximum atomic E-state index is 6.17. The van der Waals surface area contributed by atoms with Gasteiger partial charge >= 0.3 is 0 Å². The molecule has 0 saturated heterocycles. The molecular weight excluding hydrogens is 306 g/mol. The van der Waals surface area contributed by atoms with Crippen LogP contribution in [-0.4, -0.2) is 4.98 Å². The van der Waals surface area contributed by atoms with E-state index in [9.17, 15) is 0 Å². The summed E-state index contributed by atoms with van der Waals surface area (Å²) in [6, 6.07) is 30.8.